The number of hydroxylamine groups is 2. The third kappa shape index (κ3) is 4.07. The first-order valence-corrected chi connectivity index (χ1v) is 9.75. The van der Waals surface area contributed by atoms with Gasteiger partial charge in [0.25, 0.3) is 0 Å². The number of carbonyl (C=O) groups excluding carboxylic acids is 1. The number of amides is 2. The highest BCUT2D eigenvalue weighted by Crippen LogP contribution is 2.43. The van der Waals surface area contributed by atoms with E-state index in [-0.39, 0.29) is 12.4 Å². The molecule has 0 bridgehead atoms. The normalized spacial score (nSPS) is 14.6. The summed E-state index contributed by atoms with van der Waals surface area (Å²) in [5.41, 5.74) is 10.8. The summed E-state index contributed by atoms with van der Waals surface area (Å²) in [5, 5.41) is 10.0. The number of fused-ring (bicyclic) bond motifs is 1. The minimum atomic E-state index is -0.907. The van der Waals surface area contributed by atoms with Crippen molar-refractivity contribution in [2.45, 2.75) is 18.2 Å². The van der Waals surface area contributed by atoms with Gasteiger partial charge in [0.05, 0.1) is 6.54 Å². The van der Waals surface area contributed by atoms with Gasteiger partial charge in [-0.1, -0.05) is 18.2 Å². The molecule has 0 unspecified atom stereocenters. The van der Waals surface area contributed by atoms with Crippen LogP contribution in [-0.4, -0.2) is 29.1 Å². The predicted octanol–water partition coefficient (Wildman–Crippen LogP) is 5.04. The van der Waals surface area contributed by atoms with E-state index in [1.807, 2.05) is 13.2 Å². The van der Waals surface area contributed by atoms with Crippen LogP contribution in [-0.2, 0) is 0 Å². The van der Waals surface area contributed by atoms with E-state index in [2.05, 4.69) is 30.3 Å². The van der Waals surface area contributed by atoms with Crippen LogP contribution < -0.4 is 5.73 Å². The van der Waals surface area contributed by atoms with Crippen LogP contribution in [0.1, 0.15) is 30.0 Å². The second kappa shape index (κ2) is 7.98. The van der Waals surface area contributed by atoms with Crippen LogP contribution in [0.25, 0.3) is 17.2 Å². The second-order valence-electron chi connectivity index (χ2n) is 6.34. The molecule has 0 spiro atoms. The lowest BCUT2D eigenvalue weighted by Gasteiger charge is -2.13. The number of thioether (sulfide) groups is 1. The molecule has 140 valence electrons. The van der Waals surface area contributed by atoms with Crippen molar-refractivity contribution in [3.63, 3.8) is 0 Å². The molecule has 4 nitrogen and oxygen atoms in total. The summed E-state index contributed by atoms with van der Waals surface area (Å²) in [6.07, 6.45) is 4.49. The zero-order valence-electron chi connectivity index (χ0n) is 15.2. The maximum atomic E-state index is 13.8. The lowest BCUT2D eigenvalue weighted by Crippen LogP contribution is -2.33. The summed E-state index contributed by atoms with van der Waals surface area (Å²) in [6.45, 7) is 2.02. The van der Waals surface area contributed by atoms with E-state index >= 15 is 0 Å². The van der Waals surface area contributed by atoms with Crippen molar-refractivity contribution in [2.24, 2.45) is 5.73 Å². The molecule has 1 aliphatic rings. The molecule has 3 rings (SSSR count). The highest BCUT2D eigenvalue weighted by Gasteiger charge is 2.24. The van der Waals surface area contributed by atoms with Crippen molar-refractivity contribution in [3.8, 4) is 0 Å². The number of benzene rings is 2. The Morgan fingerprint density at radius 1 is 1.22 bits per heavy atom. The van der Waals surface area contributed by atoms with Gasteiger partial charge in [-0.2, -0.15) is 0 Å². The minimum Gasteiger partial charge on any atom is -0.350 e. The number of halogens is 1. The van der Waals surface area contributed by atoms with Crippen molar-refractivity contribution >= 4 is 35.0 Å². The predicted molar refractivity (Wildman–Crippen MR) is 108 cm³/mol. The zero-order valence-corrected chi connectivity index (χ0v) is 16.0. The number of hydrogen-bond donors (Lipinski definition) is 2. The molecule has 3 N–H and O–H groups in total. The fourth-order valence-electron chi connectivity index (χ4n) is 3.27. The lowest BCUT2D eigenvalue weighted by atomic mass is 10.0. The van der Waals surface area contributed by atoms with E-state index in [0.29, 0.717) is 11.5 Å². The van der Waals surface area contributed by atoms with Crippen molar-refractivity contribution < 1.29 is 14.4 Å². The van der Waals surface area contributed by atoms with E-state index in [1.54, 1.807) is 17.8 Å². The van der Waals surface area contributed by atoms with Gasteiger partial charge in [0.1, 0.15) is 5.82 Å². The number of carbonyl (C=O) groups is 1. The van der Waals surface area contributed by atoms with Gasteiger partial charge in [0, 0.05) is 4.90 Å². The molecule has 1 aliphatic carbocycles. The van der Waals surface area contributed by atoms with E-state index < -0.39 is 6.03 Å². The van der Waals surface area contributed by atoms with E-state index in [9.17, 15) is 14.4 Å². The molecule has 0 fully saturated rings. The quantitative estimate of drug-likeness (QED) is 0.431. The summed E-state index contributed by atoms with van der Waals surface area (Å²) in [4.78, 5) is 12.2. The fourth-order valence-corrected chi connectivity index (χ4v) is 3.68. The first-order chi connectivity index (χ1) is 12.9. The number of primary amides is 1. The SMILES string of the molecule is CSc1ccc(C=C2C(C)=C(CCN(O)C(N)=O)c3cc(F)ccc32)cc1. The maximum Gasteiger partial charge on any atom is 0.338 e. The summed E-state index contributed by atoms with van der Waals surface area (Å²) in [5.74, 6) is -0.319. The number of allylic oxidation sites excluding steroid dienone is 2. The number of nitrogens with two attached hydrogens (primary N) is 1. The average Bonchev–Trinajstić information content (AvgIpc) is 2.91. The molecule has 2 amide bonds. The molecule has 0 radical (unpaired) electrons. The molecule has 27 heavy (non-hydrogen) atoms. The Hall–Kier alpha value is -2.57. The van der Waals surface area contributed by atoms with Crippen LogP contribution in [0, 0.1) is 5.82 Å². The molecule has 2 aromatic carbocycles. The van der Waals surface area contributed by atoms with Crippen molar-refractivity contribution in [1.29, 1.82) is 0 Å². The minimum absolute atomic E-state index is 0.0493. The summed E-state index contributed by atoms with van der Waals surface area (Å²) in [6, 6.07) is 12.0. The monoisotopic (exact) mass is 384 g/mol. The van der Waals surface area contributed by atoms with Crippen LogP contribution >= 0.6 is 11.8 Å². The number of rotatable bonds is 5. The number of urea groups is 1. The summed E-state index contributed by atoms with van der Waals surface area (Å²) < 4.78 is 13.8. The van der Waals surface area contributed by atoms with Gasteiger partial charge in [-0.15, -0.1) is 11.8 Å². The van der Waals surface area contributed by atoms with Gasteiger partial charge in [0.2, 0.25) is 0 Å². The fraction of sp³-hybridized carbons (Fsp3) is 0.190. The highest BCUT2D eigenvalue weighted by atomic mass is 32.2. The van der Waals surface area contributed by atoms with Crippen LogP contribution in [0.15, 0.2) is 52.9 Å². The summed E-state index contributed by atoms with van der Waals surface area (Å²) in [7, 11) is 0. The second-order valence-corrected chi connectivity index (χ2v) is 7.22. The molecule has 0 aromatic heterocycles. The van der Waals surface area contributed by atoms with Crippen LogP contribution in [0.3, 0.4) is 0 Å². The van der Waals surface area contributed by atoms with Crippen LogP contribution in [0.4, 0.5) is 9.18 Å². The lowest BCUT2D eigenvalue weighted by molar-refractivity contribution is -0.0372. The third-order valence-corrected chi connectivity index (χ3v) is 5.45. The van der Waals surface area contributed by atoms with Crippen molar-refractivity contribution in [3.05, 3.63) is 70.5 Å². The molecule has 0 saturated carbocycles. The van der Waals surface area contributed by atoms with E-state index in [1.165, 1.54) is 17.0 Å². The average molecular weight is 384 g/mol. The van der Waals surface area contributed by atoms with Gasteiger partial charge in [-0.05, 0) is 83.4 Å². The Kier molecular flexibility index (Phi) is 5.68. The Morgan fingerprint density at radius 3 is 2.56 bits per heavy atom. The van der Waals surface area contributed by atoms with Crippen molar-refractivity contribution in [1.82, 2.24) is 5.06 Å². The van der Waals surface area contributed by atoms with E-state index in [4.69, 9.17) is 5.73 Å². The maximum absolute atomic E-state index is 13.8. The Morgan fingerprint density at radius 2 is 1.93 bits per heavy atom. The topological polar surface area (TPSA) is 66.6 Å². The summed E-state index contributed by atoms with van der Waals surface area (Å²) >= 11 is 1.69. The first kappa shape index (κ1) is 19.2. The van der Waals surface area contributed by atoms with Crippen molar-refractivity contribution in [2.75, 3.05) is 12.8 Å². The molecular formula is C21H21FN2O2S. The molecule has 0 saturated heterocycles. The van der Waals surface area contributed by atoms with Gasteiger partial charge < -0.3 is 5.73 Å². The Bertz CT molecular complexity index is 936. The number of hydrogen-bond acceptors (Lipinski definition) is 3. The molecule has 0 atom stereocenters. The van der Waals surface area contributed by atoms with Gasteiger partial charge in [-0.25, -0.2) is 14.2 Å². The largest absolute Gasteiger partial charge is 0.350 e. The zero-order chi connectivity index (χ0) is 19.6. The van der Waals surface area contributed by atoms with Crippen LogP contribution in [0.2, 0.25) is 0 Å². The highest BCUT2D eigenvalue weighted by molar-refractivity contribution is 7.98. The van der Waals surface area contributed by atoms with Gasteiger partial charge >= 0.3 is 6.03 Å². The van der Waals surface area contributed by atoms with Gasteiger partial charge in [-0.3, -0.25) is 5.21 Å². The Labute approximate surface area is 162 Å². The first-order valence-electron chi connectivity index (χ1n) is 8.52. The standard InChI is InChI=1S/C21H21FN2O2S/c1-13-17(9-10-24(26)21(23)25)20-12-15(22)5-8-18(20)19(13)11-14-3-6-16(27-2)7-4-14/h3-8,11-12,26H,9-10H2,1-2H3,(H2,23,25). The smallest absolute Gasteiger partial charge is 0.338 e. The molecule has 0 aliphatic heterocycles. The molecular weight excluding hydrogens is 363 g/mol. The van der Waals surface area contributed by atoms with Gasteiger partial charge in [0.15, 0.2) is 0 Å². The van der Waals surface area contributed by atoms with Crippen LogP contribution in [0.5, 0.6) is 0 Å². The molecule has 6 heteroatoms. The van der Waals surface area contributed by atoms with E-state index in [0.717, 1.165) is 33.4 Å². The molecule has 0 heterocycles. The number of nitrogens with zero attached hydrogens (tertiary/aromatic N) is 1. The molecule has 2 aromatic rings. The third-order valence-electron chi connectivity index (χ3n) is 4.71. The Balaban J connectivity index is 2.00.